The number of benzene rings is 1. The van der Waals surface area contributed by atoms with Gasteiger partial charge in [0, 0.05) is 6.54 Å². The number of carbonyl (C=O) groups excluding carboxylic acids is 1. The van der Waals surface area contributed by atoms with E-state index in [4.69, 9.17) is 14.6 Å². The van der Waals surface area contributed by atoms with Crippen LogP contribution in [0.3, 0.4) is 0 Å². The van der Waals surface area contributed by atoms with Crippen molar-refractivity contribution >= 4 is 11.9 Å². The Hall–Kier alpha value is -2.08. The number of carbonyl (C=O) groups is 2. The largest absolute Gasteiger partial charge is 0.496 e. The summed E-state index contributed by atoms with van der Waals surface area (Å²) in [6.45, 7) is 2.51. The molecule has 0 spiro atoms. The van der Waals surface area contributed by atoms with Crippen LogP contribution in [0.1, 0.15) is 48.5 Å². The Labute approximate surface area is 142 Å². The molecular weight excluding hydrogens is 310 g/mol. The molecule has 1 aliphatic rings. The van der Waals surface area contributed by atoms with E-state index < -0.39 is 5.97 Å². The van der Waals surface area contributed by atoms with E-state index in [1.165, 1.54) is 19.6 Å². The van der Waals surface area contributed by atoms with E-state index in [1.54, 1.807) is 12.1 Å². The average molecular weight is 335 g/mol. The summed E-state index contributed by atoms with van der Waals surface area (Å²) < 4.78 is 10.7. The summed E-state index contributed by atoms with van der Waals surface area (Å²) in [4.78, 5) is 23.1. The quantitative estimate of drug-likeness (QED) is 0.800. The van der Waals surface area contributed by atoms with Gasteiger partial charge in [0.1, 0.15) is 17.9 Å². The standard InChI is InChI=1S/C18H25NO5/c1-12-4-3-5-14(8-12)24-11-17(20)19-10-13-6-7-16(23-2)15(9-13)18(21)22/h6-7,9,12,14H,3-5,8,10-11H2,1-2H3,(H,19,20)(H,21,22)/t12-,14+/m1/s1. The molecule has 132 valence electrons. The van der Waals surface area contributed by atoms with Gasteiger partial charge in [0.15, 0.2) is 0 Å². The molecule has 1 amide bonds. The van der Waals surface area contributed by atoms with Crippen LogP contribution in [-0.4, -0.2) is 36.8 Å². The molecule has 6 nitrogen and oxygen atoms in total. The molecule has 1 fully saturated rings. The monoisotopic (exact) mass is 335 g/mol. The molecule has 24 heavy (non-hydrogen) atoms. The molecule has 0 aliphatic heterocycles. The van der Waals surface area contributed by atoms with Gasteiger partial charge >= 0.3 is 5.97 Å². The predicted octanol–water partition coefficient (Wildman–Crippen LogP) is 2.60. The second-order valence-electron chi connectivity index (χ2n) is 6.32. The molecular formula is C18H25NO5. The van der Waals surface area contributed by atoms with Gasteiger partial charge < -0.3 is 19.9 Å². The van der Waals surface area contributed by atoms with Crippen molar-refractivity contribution in [3.8, 4) is 5.75 Å². The zero-order valence-electron chi connectivity index (χ0n) is 14.2. The molecule has 2 rings (SSSR count). The molecule has 0 heterocycles. The molecule has 2 N–H and O–H groups in total. The molecule has 0 radical (unpaired) electrons. The van der Waals surface area contributed by atoms with E-state index in [-0.39, 0.29) is 30.7 Å². The lowest BCUT2D eigenvalue weighted by molar-refractivity contribution is -0.128. The number of carboxylic acids is 1. The van der Waals surface area contributed by atoms with Crippen molar-refractivity contribution < 1.29 is 24.2 Å². The van der Waals surface area contributed by atoms with Gasteiger partial charge in [-0.3, -0.25) is 4.79 Å². The van der Waals surface area contributed by atoms with E-state index in [2.05, 4.69) is 12.2 Å². The lowest BCUT2D eigenvalue weighted by atomic mass is 9.89. The normalized spacial score (nSPS) is 20.4. The third-order valence-corrected chi connectivity index (χ3v) is 4.32. The number of methoxy groups -OCH3 is 1. The molecule has 0 saturated heterocycles. The number of carboxylic acid groups (broad SMARTS) is 1. The highest BCUT2D eigenvalue weighted by Crippen LogP contribution is 2.25. The molecule has 1 saturated carbocycles. The van der Waals surface area contributed by atoms with Gasteiger partial charge in [0.2, 0.25) is 5.91 Å². The van der Waals surface area contributed by atoms with Gasteiger partial charge in [-0.1, -0.05) is 25.8 Å². The topological polar surface area (TPSA) is 84.9 Å². The second kappa shape index (κ2) is 8.68. The lowest BCUT2D eigenvalue weighted by Gasteiger charge is -2.26. The van der Waals surface area contributed by atoms with E-state index in [0.29, 0.717) is 17.2 Å². The van der Waals surface area contributed by atoms with Gasteiger partial charge in [-0.2, -0.15) is 0 Å². The van der Waals surface area contributed by atoms with Crippen molar-refractivity contribution in [1.29, 1.82) is 0 Å². The highest BCUT2D eigenvalue weighted by molar-refractivity contribution is 5.91. The number of rotatable bonds is 7. The van der Waals surface area contributed by atoms with Crippen molar-refractivity contribution in [2.24, 2.45) is 5.92 Å². The first-order valence-corrected chi connectivity index (χ1v) is 8.28. The molecule has 1 aromatic rings. The van der Waals surface area contributed by atoms with Crippen LogP contribution in [0.5, 0.6) is 5.75 Å². The summed E-state index contributed by atoms with van der Waals surface area (Å²) in [5.41, 5.74) is 0.782. The maximum atomic E-state index is 11.9. The maximum Gasteiger partial charge on any atom is 0.339 e. The van der Waals surface area contributed by atoms with E-state index in [9.17, 15) is 9.59 Å². The lowest BCUT2D eigenvalue weighted by Crippen LogP contribution is -2.31. The summed E-state index contributed by atoms with van der Waals surface area (Å²) in [5, 5.41) is 11.9. The van der Waals surface area contributed by atoms with Crippen LogP contribution in [0, 0.1) is 5.92 Å². The Morgan fingerprint density at radius 1 is 1.33 bits per heavy atom. The summed E-state index contributed by atoms with van der Waals surface area (Å²) in [6.07, 6.45) is 4.57. The number of aromatic carboxylic acids is 1. The first-order valence-electron chi connectivity index (χ1n) is 8.28. The Bertz CT molecular complexity index is 587. The summed E-state index contributed by atoms with van der Waals surface area (Å²) in [6, 6.07) is 4.82. The SMILES string of the molecule is COc1ccc(CNC(=O)CO[C@H]2CCC[C@@H](C)C2)cc1C(=O)O. The fourth-order valence-electron chi connectivity index (χ4n) is 3.01. The van der Waals surface area contributed by atoms with Gasteiger partial charge in [-0.15, -0.1) is 0 Å². The summed E-state index contributed by atoms with van der Waals surface area (Å²) in [7, 11) is 1.42. The van der Waals surface area contributed by atoms with Gasteiger partial charge in [-0.05, 0) is 36.5 Å². The smallest absolute Gasteiger partial charge is 0.339 e. The van der Waals surface area contributed by atoms with Crippen molar-refractivity contribution in [2.75, 3.05) is 13.7 Å². The Morgan fingerprint density at radius 3 is 2.79 bits per heavy atom. The zero-order valence-corrected chi connectivity index (χ0v) is 14.2. The second-order valence-corrected chi connectivity index (χ2v) is 6.32. The predicted molar refractivity (Wildman–Crippen MR) is 89.2 cm³/mol. The van der Waals surface area contributed by atoms with Crippen molar-refractivity contribution in [1.82, 2.24) is 5.32 Å². The highest BCUT2D eigenvalue weighted by Gasteiger charge is 2.20. The van der Waals surface area contributed by atoms with Crippen LogP contribution in [-0.2, 0) is 16.1 Å². The van der Waals surface area contributed by atoms with Gasteiger partial charge in [-0.25, -0.2) is 4.79 Å². The minimum atomic E-state index is -1.06. The number of hydrogen-bond acceptors (Lipinski definition) is 4. The van der Waals surface area contributed by atoms with E-state index in [1.807, 2.05) is 0 Å². The van der Waals surface area contributed by atoms with Crippen LogP contribution < -0.4 is 10.1 Å². The molecule has 6 heteroatoms. The minimum absolute atomic E-state index is 0.0410. The van der Waals surface area contributed by atoms with Crippen LogP contribution in [0.2, 0.25) is 0 Å². The Morgan fingerprint density at radius 2 is 2.12 bits per heavy atom. The first kappa shape index (κ1) is 18.3. The molecule has 1 aromatic carbocycles. The number of hydrogen-bond donors (Lipinski definition) is 2. The molecule has 0 unspecified atom stereocenters. The Kier molecular flexibility index (Phi) is 6.61. The summed E-state index contributed by atoms with van der Waals surface area (Å²) >= 11 is 0. The van der Waals surface area contributed by atoms with Crippen LogP contribution >= 0.6 is 0 Å². The first-order chi connectivity index (χ1) is 11.5. The van der Waals surface area contributed by atoms with Crippen LogP contribution in [0.25, 0.3) is 0 Å². The number of ether oxygens (including phenoxy) is 2. The fourth-order valence-corrected chi connectivity index (χ4v) is 3.01. The molecule has 0 bridgehead atoms. The van der Waals surface area contributed by atoms with Crippen LogP contribution in [0.4, 0.5) is 0 Å². The minimum Gasteiger partial charge on any atom is -0.496 e. The average Bonchev–Trinajstić information content (AvgIpc) is 2.58. The highest BCUT2D eigenvalue weighted by atomic mass is 16.5. The summed E-state index contributed by atoms with van der Waals surface area (Å²) in [5.74, 6) is -0.302. The maximum absolute atomic E-state index is 11.9. The number of amides is 1. The molecule has 2 atom stereocenters. The van der Waals surface area contributed by atoms with Crippen LogP contribution in [0.15, 0.2) is 18.2 Å². The fraction of sp³-hybridized carbons (Fsp3) is 0.556. The van der Waals surface area contributed by atoms with E-state index >= 15 is 0 Å². The third-order valence-electron chi connectivity index (χ3n) is 4.32. The Balaban J connectivity index is 1.81. The number of nitrogens with one attached hydrogen (secondary N) is 1. The van der Waals surface area contributed by atoms with Crippen molar-refractivity contribution in [3.63, 3.8) is 0 Å². The zero-order chi connectivity index (χ0) is 17.5. The molecule has 0 aromatic heterocycles. The van der Waals surface area contributed by atoms with Gasteiger partial charge in [0.05, 0.1) is 13.2 Å². The van der Waals surface area contributed by atoms with Gasteiger partial charge in [0.25, 0.3) is 0 Å². The van der Waals surface area contributed by atoms with E-state index in [0.717, 1.165) is 19.3 Å². The van der Waals surface area contributed by atoms with Crippen molar-refractivity contribution in [2.45, 2.75) is 45.3 Å². The molecule has 1 aliphatic carbocycles. The van der Waals surface area contributed by atoms with Crippen molar-refractivity contribution in [3.05, 3.63) is 29.3 Å². The third kappa shape index (κ3) is 5.23.